The Kier molecular flexibility index (Phi) is 5.66. The third-order valence-corrected chi connectivity index (χ3v) is 4.50. The first-order chi connectivity index (χ1) is 12.2. The summed E-state index contributed by atoms with van der Waals surface area (Å²) in [7, 11) is 0. The largest absolute Gasteiger partial charge is 0.481 e. The van der Waals surface area contributed by atoms with E-state index in [1.807, 2.05) is 61.5 Å². The molecule has 25 heavy (non-hydrogen) atoms. The van der Waals surface area contributed by atoms with Gasteiger partial charge >= 0.3 is 0 Å². The zero-order valence-corrected chi connectivity index (χ0v) is 15.5. The van der Waals surface area contributed by atoms with E-state index < -0.39 is 0 Å². The van der Waals surface area contributed by atoms with Crippen molar-refractivity contribution in [1.82, 2.24) is 10.3 Å². The summed E-state index contributed by atoms with van der Waals surface area (Å²) in [6.07, 6.45) is 2.53. The lowest BCUT2D eigenvalue weighted by molar-refractivity contribution is -0.123. The zero-order chi connectivity index (χ0) is 17.6. The van der Waals surface area contributed by atoms with E-state index in [9.17, 15) is 4.79 Å². The van der Waals surface area contributed by atoms with E-state index in [1.165, 1.54) is 0 Å². The maximum absolute atomic E-state index is 12.3. The molecular formula is C20H19BrN2O2. The quantitative estimate of drug-likeness (QED) is 0.657. The van der Waals surface area contributed by atoms with Gasteiger partial charge in [-0.15, -0.1) is 0 Å². The highest BCUT2D eigenvalue weighted by atomic mass is 79.9. The highest BCUT2D eigenvalue weighted by Gasteiger charge is 2.13. The number of nitrogens with one attached hydrogen (secondary N) is 1. The van der Waals surface area contributed by atoms with Gasteiger partial charge in [0.05, 0.1) is 6.04 Å². The van der Waals surface area contributed by atoms with Crippen molar-refractivity contribution in [1.29, 1.82) is 0 Å². The van der Waals surface area contributed by atoms with Gasteiger partial charge in [-0.2, -0.15) is 0 Å². The Morgan fingerprint density at radius 1 is 1.16 bits per heavy atom. The molecule has 0 aliphatic heterocycles. The molecule has 1 atom stereocenters. The lowest BCUT2D eigenvalue weighted by atomic mass is 10.0. The molecule has 1 amide bonds. The Bertz CT molecular complexity index is 860. The number of aromatic nitrogens is 1. The van der Waals surface area contributed by atoms with Crippen molar-refractivity contribution in [2.45, 2.75) is 19.4 Å². The Morgan fingerprint density at radius 3 is 2.68 bits per heavy atom. The van der Waals surface area contributed by atoms with Crippen LogP contribution in [0.25, 0.3) is 10.9 Å². The van der Waals surface area contributed by atoms with E-state index in [-0.39, 0.29) is 18.6 Å². The monoisotopic (exact) mass is 398 g/mol. The van der Waals surface area contributed by atoms with E-state index in [2.05, 4.69) is 26.2 Å². The number of para-hydroxylation sites is 1. The number of amides is 1. The van der Waals surface area contributed by atoms with E-state index >= 15 is 0 Å². The Morgan fingerprint density at radius 2 is 1.92 bits per heavy atom. The Labute approximate surface area is 155 Å². The van der Waals surface area contributed by atoms with Crippen molar-refractivity contribution in [3.8, 4) is 5.75 Å². The number of carbonyl (C=O) groups excluding carboxylic acids is 1. The van der Waals surface area contributed by atoms with E-state index in [0.29, 0.717) is 5.75 Å². The van der Waals surface area contributed by atoms with Crippen LogP contribution in [0.2, 0.25) is 0 Å². The molecule has 5 heteroatoms. The minimum atomic E-state index is -0.150. The number of nitrogens with zero attached hydrogens (tertiary/aromatic N) is 1. The third kappa shape index (κ3) is 4.37. The standard InChI is InChI=1S/C20H19BrN2O2/c1-2-17(14-8-10-16(21)11-9-14)23-19(24)13-25-18-7-3-5-15-6-4-12-22-20(15)18/h3-12,17H,2,13H2,1H3,(H,23,24). The molecule has 0 aliphatic carbocycles. The SMILES string of the molecule is CCC(NC(=O)COc1cccc2cccnc12)c1ccc(Br)cc1. The van der Waals surface area contributed by atoms with Crippen molar-refractivity contribution >= 4 is 32.7 Å². The predicted octanol–water partition coefficient (Wildman–Crippen LogP) is 4.64. The van der Waals surface area contributed by atoms with Gasteiger partial charge in [-0.05, 0) is 36.2 Å². The van der Waals surface area contributed by atoms with Gasteiger partial charge in [-0.1, -0.05) is 53.2 Å². The summed E-state index contributed by atoms with van der Waals surface area (Å²) in [6.45, 7) is 2.01. The maximum Gasteiger partial charge on any atom is 0.258 e. The van der Waals surface area contributed by atoms with Gasteiger partial charge in [0.2, 0.25) is 0 Å². The number of halogens is 1. The van der Waals surface area contributed by atoms with E-state index in [4.69, 9.17) is 4.74 Å². The van der Waals surface area contributed by atoms with Crippen molar-refractivity contribution in [3.05, 3.63) is 70.8 Å². The van der Waals surface area contributed by atoms with Crippen LogP contribution in [-0.2, 0) is 4.79 Å². The first-order valence-corrected chi connectivity index (χ1v) is 8.98. The summed E-state index contributed by atoms with van der Waals surface area (Å²) in [5.41, 5.74) is 1.84. The Balaban J connectivity index is 1.64. The summed E-state index contributed by atoms with van der Waals surface area (Å²) < 4.78 is 6.72. The minimum Gasteiger partial charge on any atom is -0.481 e. The van der Waals surface area contributed by atoms with E-state index in [1.54, 1.807) is 6.20 Å². The van der Waals surface area contributed by atoms with Crippen molar-refractivity contribution in [3.63, 3.8) is 0 Å². The normalized spacial score (nSPS) is 11.9. The zero-order valence-electron chi connectivity index (χ0n) is 13.9. The van der Waals surface area contributed by atoms with Gasteiger partial charge in [-0.25, -0.2) is 0 Å². The van der Waals surface area contributed by atoms with Gasteiger partial charge in [-0.3, -0.25) is 9.78 Å². The van der Waals surface area contributed by atoms with Crippen LogP contribution in [0.3, 0.4) is 0 Å². The summed E-state index contributed by atoms with van der Waals surface area (Å²) in [5.74, 6) is 0.465. The molecule has 0 spiro atoms. The number of carbonyl (C=O) groups is 1. The summed E-state index contributed by atoms with van der Waals surface area (Å²) in [4.78, 5) is 16.6. The predicted molar refractivity (Wildman–Crippen MR) is 103 cm³/mol. The lowest BCUT2D eigenvalue weighted by Crippen LogP contribution is -2.32. The first-order valence-electron chi connectivity index (χ1n) is 8.18. The summed E-state index contributed by atoms with van der Waals surface area (Å²) in [5, 5.41) is 4.01. The second kappa shape index (κ2) is 8.12. The van der Waals surface area contributed by atoms with Crippen LogP contribution in [0, 0.1) is 0 Å². The van der Waals surface area contributed by atoms with Gasteiger partial charge in [0, 0.05) is 16.1 Å². The smallest absolute Gasteiger partial charge is 0.258 e. The molecule has 1 aromatic heterocycles. The molecule has 128 valence electrons. The molecular weight excluding hydrogens is 380 g/mol. The number of rotatable bonds is 6. The fourth-order valence-corrected chi connectivity index (χ4v) is 2.95. The molecule has 3 aromatic rings. The molecule has 0 bridgehead atoms. The van der Waals surface area contributed by atoms with Crippen LogP contribution in [0.1, 0.15) is 24.9 Å². The lowest BCUT2D eigenvalue weighted by Gasteiger charge is -2.18. The molecule has 0 radical (unpaired) electrons. The molecule has 0 aliphatic rings. The number of ether oxygens (including phenoxy) is 1. The first kappa shape index (κ1) is 17.4. The molecule has 0 saturated carbocycles. The number of pyridine rings is 1. The number of hydrogen-bond acceptors (Lipinski definition) is 3. The fourth-order valence-electron chi connectivity index (χ4n) is 2.69. The Hall–Kier alpha value is -2.40. The summed E-state index contributed by atoms with van der Waals surface area (Å²) >= 11 is 3.42. The molecule has 0 fully saturated rings. The molecule has 3 rings (SSSR count). The van der Waals surface area contributed by atoms with Crippen molar-refractivity contribution in [2.75, 3.05) is 6.61 Å². The number of fused-ring (bicyclic) bond motifs is 1. The average Bonchev–Trinajstić information content (AvgIpc) is 2.65. The molecule has 1 N–H and O–H groups in total. The topological polar surface area (TPSA) is 51.2 Å². The fraction of sp³-hybridized carbons (Fsp3) is 0.200. The number of benzene rings is 2. The van der Waals surface area contributed by atoms with Gasteiger partial charge in [0.1, 0.15) is 11.3 Å². The average molecular weight is 399 g/mol. The second-order valence-electron chi connectivity index (χ2n) is 5.70. The highest BCUT2D eigenvalue weighted by Crippen LogP contribution is 2.23. The van der Waals surface area contributed by atoms with Crippen LogP contribution in [-0.4, -0.2) is 17.5 Å². The molecule has 2 aromatic carbocycles. The third-order valence-electron chi connectivity index (χ3n) is 3.97. The van der Waals surface area contributed by atoms with E-state index in [0.717, 1.165) is 27.4 Å². The number of hydrogen-bond donors (Lipinski definition) is 1. The molecule has 4 nitrogen and oxygen atoms in total. The van der Waals surface area contributed by atoms with Gasteiger partial charge < -0.3 is 10.1 Å². The maximum atomic E-state index is 12.3. The minimum absolute atomic E-state index is 0.0326. The molecule has 1 unspecified atom stereocenters. The second-order valence-corrected chi connectivity index (χ2v) is 6.62. The van der Waals surface area contributed by atoms with Gasteiger partial charge in [0.15, 0.2) is 6.61 Å². The molecule has 0 saturated heterocycles. The highest BCUT2D eigenvalue weighted by molar-refractivity contribution is 9.10. The van der Waals surface area contributed by atoms with Crippen LogP contribution in [0.15, 0.2) is 65.3 Å². The van der Waals surface area contributed by atoms with Crippen LogP contribution >= 0.6 is 15.9 Å². The van der Waals surface area contributed by atoms with Crippen LogP contribution < -0.4 is 10.1 Å². The van der Waals surface area contributed by atoms with Crippen LogP contribution in [0.5, 0.6) is 5.75 Å². The van der Waals surface area contributed by atoms with Crippen molar-refractivity contribution < 1.29 is 9.53 Å². The van der Waals surface area contributed by atoms with Crippen molar-refractivity contribution in [2.24, 2.45) is 0 Å². The van der Waals surface area contributed by atoms with Crippen LogP contribution in [0.4, 0.5) is 0 Å². The van der Waals surface area contributed by atoms with Gasteiger partial charge in [0.25, 0.3) is 5.91 Å². The molecule has 1 heterocycles. The summed E-state index contributed by atoms with van der Waals surface area (Å²) in [6, 6.07) is 17.5.